The molecule has 0 fully saturated rings. The van der Waals surface area contributed by atoms with E-state index >= 15 is 0 Å². The third kappa shape index (κ3) is 2.80. The standard InChI is InChI=1S/C22H20O7/c1-22(2)9-14(23)12-4-5-15-19(20(12)29-22)13(8-18(24)28-15)11-6-16(25-3)21-17(7-11)26-10-27-21/h4-7,13H,8-10H2,1-3H3. The average molecular weight is 396 g/mol. The second kappa shape index (κ2) is 6.14. The molecule has 0 amide bonds. The van der Waals surface area contributed by atoms with Gasteiger partial charge in [-0.3, -0.25) is 9.59 Å². The average Bonchev–Trinajstić information content (AvgIpc) is 3.13. The van der Waals surface area contributed by atoms with Gasteiger partial charge in [0.25, 0.3) is 0 Å². The maximum absolute atomic E-state index is 12.7. The Bertz CT molecular complexity index is 1050. The molecule has 1 atom stereocenters. The number of hydrogen-bond donors (Lipinski definition) is 0. The SMILES string of the molecule is COc1cc(C2CC(=O)Oc3ccc4c(c32)OC(C)(C)CC4=O)cc2c1OCO2. The van der Waals surface area contributed by atoms with Crippen LogP contribution in [-0.4, -0.2) is 31.3 Å². The lowest BCUT2D eigenvalue weighted by molar-refractivity contribution is -0.135. The Hall–Kier alpha value is -3.22. The maximum Gasteiger partial charge on any atom is 0.312 e. The number of rotatable bonds is 2. The molecule has 0 N–H and O–H groups in total. The summed E-state index contributed by atoms with van der Waals surface area (Å²) >= 11 is 0. The molecule has 0 radical (unpaired) electrons. The van der Waals surface area contributed by atoms with Crippen LogP contribution in [0.15, 0.2) is 24.3 Å². The fraction of sp³-hybridized carbons (Fsp3) is 0.364. The van der Waals surface area contributed by atoms with Gasteiger partial charge >= 0.3 is 5.97 Å². The first-order valence-corrected chi connectivity index (χ1v) is 9.43. The van der Waals surface area contributed by atoms with Gasteiger partial charge in [0.15, 0.2) is 17.3 Å². The number of ether oxygens (including phenoxy) is 5. The van der Waals surface area contributed by atoms with Crippen LogP contribution in [-0.2, 0) is 4.79 Å². The number of methoxy groups -OCH3 is 1. The van der Waals surface area contributed by atoms with Crippen molar-refractivity contribution in [2.24, 2.45) is 0 Å². The normalized spacial score (nSPS) is 21.0. The van der Waals surface area contributed by atoms with Crippen molar-refractivity contribution >= 4 is 11.8 Å². The van der Waals surface area contributed by atoms with Crippen LogP contribution in [0.2, 0.25) is 0 Å². The molecule has 0 bridgehead atoms. The second-order valence-corrected chi connectivity index (χ2v) is 8.00. The van der Waals surface area contributed by atoms with Crippen LogP contribution in [0.3, 0.4) is 0 Å². The van der Waals surface area contributed by atoms with Crippen molar-refractivity contribution in [1.82, 2.24) is 0 Å². The predicted octanol–water partition coefficient (Wildman–Crippen LogP) is 3.61. The second-order valence-electron chi connectivity index (χ2n) is 8.00. The molecular formula is C22H20O7. The highest BCUT2D eigenvalue weighted by Crippen LogP contribution is 2.51. The van der Waals surface area contributed by atoms with Crippen molar-refractivity contribution in [2.75, 3.05) is 13.9 Å². The minimum Gasteiger partial charge on any atom is -0.493 e. The molecule has 1 unspecified atom stereocenters. The Kier molecular flexibility index (Phi) is 3.78. The van der Waals surface area contributed by atoms with Crippen LogP contribution in [0.5, 0.6) is 28.7 Å². The van der Waals surface area contributed by atoms with Gasteiger partial charge in [-0.1, -0.05) is 0 Å². The highest BCUT2D eigenvalue weighted by atomic mass is 16.7. The zero-order valence-corrected chi connectivity index (χ0v) is 16.4. The topological polar surface area (TPSA) is 80.3 Å². The van der Waals surface area contributed by atoms with E-state index in [0.29, 0.717) is 46.3 Å². The first-order valence-electron chi connectivity index (χ1n) is 9.43. The van der Waals surface area contributed by atoms with Crippen LogP contribution in [0.1, 0.15) is 54.1 Å². The predicted molar refractivity (Wildman–Crippen MR) is 101 cm³/mol. The summed E-state index contributed by atoms with van der Waals surface area (Å²) in [7, 11) is 1.55. The van der Waals surface area contributed by atoms with Gasteiger partial charge < -0.3 is 23.7 Å². The highest BCUT2D eigenvalue weighted by Gasteiger charge is 2.40. The third-order valence-electron chi connectivity index (χ3n) is 5.45. The summed E-state index contributed by atoms with van der Waals surface area (Å²) < 4.78 is 28.2. The molecule has 7 nitrogen and oxygen atoms in total. The van der Waals surface area contributed by atoms with Gasteiger partial charge in [0, 0.05) is 11.5 Å². The van der Waals surface area contributed by atoms with E-state index in [2.05, 4.69) is 0 Å². The van der Waals surface area contributed by atoms with Crippen LogP contribution in [0.4, 0.5) is 0 Å². The van der Waals surface area contributed by atoms with Gasteiger partial charge in [0.2, 0.25) is 12.5 Å². The molecule has 0 saturated heterocycles. The molecule has 0 saturated carbocycles. The Labute approximate surface area is 167 Å². The van der Waals surface area contributed by atoms with Crippen LogP contribution < -0.4 is 23.7 Å². The van der Waals surface area contributed by atoms with E-state index in [1.165, 1.54) is 0 Å². The minimum absolute atomic E-state index is 0.0120. The van der Waals surface area contributed by atoms with Gasteiger partial charge in [-0.25, -0.2) is 0 Å². The number of ketones is 1. The van der Waals surface area contributed by atoms with Crippen LogP contribution in [0, 0.1) is 0 Å². The first-order chi connectivity index (χ1) is 13.9. The lowest BCUT2D eigenvalue weighted by Crippen LogP contribution is -2.37. The minimum atomic E-state index is -0.641. The fourth-order valence-electron chi connectivity index (χ4n) is 4.19. The van der Waals surface area contributed by atoms with Crippen molar-refractivity contribution in [1.29, 1.82) is 0 Å². The molecule has 0 aromatic heterocycles. The molecule has 150 valence electrons. The number of Topliss-reactive ketones (excluding diaryl/α,β-unsaturated/α-hetero) is 1. The fourth-order valence-corrected chi connectivity index (χ4v) is 4.19. The highest BCUT2D eigenvalue weighted by molar-refractivity contribution is 6.01. The molecule has 3 aliphatic rings. The van der Waals surface area contributed by atoms with E-state index in [1.807, 2.05) is 26.0 Å². The Morgan fingerprint density at radius 3 is 2.69 bits per heavy atom. The number of esters is 1. The van der Waals surface area contributed by atoms with E-state index in [4.69, 9.17) is 23.7 Å². The quantitative estimate of drug-likeness (QED) is 0.567. The molecular weight excluding hydrogens is 376 g/mol. The van der Waals surface area contributed by atoms with Crippen LogP contribution in [0.25, 0.3) is 0 Å². The summed E-state index contributed by atoms with van der Waals surface area (Å²) in [5.74, 6) is 1.81. The molecule has 5 rings (SSSR count). The Morgan fingerprint density at radius 2 is 1.90 bits per heavy atom. The smallest absolute Gasteiger partial charge is 0.312 e. The van der Waals surface area contributed by atoms with E-state index in [-0.39, 0.29) is 30.9 Å². The summed E-state index contributed by atoms with van der Waals surface area (Å²) in [5, 5.41) is 0. The van der Waals surface area contributed by atoms with Gasteiger partial charge in [0.1, 0.15) is 17.1 Å². The molecule has 7 heteroatoms. The van der Waals surface area contributed by atoms with Crippen LogP contribution >= 0.6 is 0 Å². The van der Waals surface area contributed by atoms with Gasteiger partial charge in [0.05, 0.1) is 25.5 Å². The number of hydrogen-bond acceptors (Lipinski definition) is 7. The van der Waals surface area contributed by atoms with Crippen molar-refractivity contribution in [2.45, 2.75) is 38.2 Å². The number of fused-ring (bicyclic) bond motifs is 4. The number of benzene rings is 2. The molecule has 0 spiro atoms. The Balaban J connectivity index is 1.71. The van der Waals surface area contributed by atoms with Crippen molar-refractivity contribution < 1.29 is 33.3 Å². The van der Waals surface area contributed by atoms with E-state index in [9.17, 15) is 9.59 Å². The summed E-state index contributed by atoms with van der Waals surface area (Å²) in [6.07, 6.45) is 0.408. The van der Waals surface area contributed by atoms with Gasteiger partial charge in [-0.2, -0.15) is 0 Å². The zero-order chi connectivity index (χ0) is 20.3. The first kappa shape index (κ1) is 17.8. The summed E-state index contributed by atoms with van der Waals surface area (Å²) in [4.78, 5) is 25.0. The third-order valence-corrected chi connectivity index (χ3v) is 5.45. The van der Waals surface area contributed by atoms with Crippen molar-refractivity contribution in [3.8, 4) is 28.7 Å². The molecule has 0 aliphatic carbocycles. The van der Waals surface area contributed by atoms with E-state index < -0.39 is 5.60 Å². The Morgan fingerprint density at radius 1 is 1.07 bits per heavy atom. The summed E-state index contributed by atoms with van der Waals surface area (Å²) in [6, 6.07) is 7.01. The van der Waals surface area contributed by atoms with Crippen molar-refractivity contribution in [3.63, 3.8) is 0 Å². The summed E-state index contributed by atoms with van der Waals surface area (Å²) in [5.41, 5.74) is 1.37. The molecule has 3 aliphatic heterocycles. The monoisotopic (exact) mass is 396 g/mol. The molecule has 2 aromatic carbocycles. The maximum atomic E-state index is 12.7. The molecule has 2 aromatic rings. The number of carbonyl (C=O) groups excluding carboxylic acids is 2. The summed E-state index contributed by atoms with van der Waals surface area (Å²) in [6.45, 7) is 3.86. The number of carbonyl (C=O) groups is 2. The molecule has 3 heterocycles. The zero-order valence-electron chi connectivity index (χ0n) is 16.4. The van der Waals surface area contributed by atoms with Crippen molar-refractivity contribution in [3.05, 3.63) is 41.0 Å². The van der Waals surface area contributed by atoms with E-state index in [1.54, 1.807) is 19.2 Å². The lowest BCUT2D eigenvalue weighted by atomic mass is 9.82. The lowest BCUT2D eigenvalue weighted by Gasteiger charge is -2.36. The van der Waals surface area contributed by atoms with E-state index in [0.717, 1.165) is 5.56 Å². The largest absolute Gasteiger partial charge is 0.493 e. The van der Waals surface area contributed by atoms with Gasteiger partial charge in [-0.15, -0.1) is 0 Å². The van der Waals surface area contributed by atoms with Gasteiger partial charge in [-0.05, 0) is 43.7 Å². The molecule has 29 heavy (non-hydrogen) atoms.